The SMILES string of the molecule is CNCc1cc(-c2cc3ccccc3[nH]2)cc(Br)c1Cl. The summed E-state index contributed by atoms with van der Waals surface area (Å²) in [4.78, 5) is 3.44. The minimum absolute atomic E-state index is 0.742. The van der Waals surface area contributed by atoms with Crippen molar-refractivity contribution in [1.29, 1.82) is 0 Å². The fraction of sp³-hybridized carbons (Fsp3) is 0.125. The summed E-state index contributed by atoms with van der Waals surface area (Å²) in [6.07, 6.45) is 0. The predicted molar refractivity (Wildman–Crippen MR) is 89.2 cm³/mol. The molecule has 0 aliphatic carbocycles. The Bertz CT molecular complexity index is 731. The lowest BCUT2D eigenvalue weighted by Crippen LogP contribution is -2.06. The largest absolute Gasteiger partial charge is 0.355 e. The maximum atomic E-state index is 6.31. The lowest BCUT2D eigenvalue weighted by molar-refractivity contribution is 0.818. The molecule has 0 aliphatic rings. The van der Waals surface area contributed by atoms with E-state index in [-0.39, 0.29) is 0 Å². The molecule has 0 atom stereocenters. The van der Waals surface area contributed by atoms with Gasteiger partial charge in [0.15, 0.2) is 0 Å². The first-order chi connectivity index (χ1) is 9.69. The van der Waals surface area contributed by atoms with Crippen LogP contribution in [0.4, 0.5) is 0 Å². The minimum atomic E-state index is 0.742. The molecule has 1 aromatic heterocycles. The normalized spacial score (nSPS) is 11.2. The fourth-order valence-corrected chi connectivity index (χ4v) is 3.03. The van der Waals surface area contributed by atoms with Gasteiger partial charge in [0.05, 0.1) is 5.02 Å². The van der Waals surface area contributed by atoms with Crippen molar-refractivity contribution in [2.24, 2.45) is 0 Å². The number of rotatable bonds is 3. The van der Waals surface area contributed by atoms with Gasteiger partial charge in [0.25, 0.3) is 0 Å². The molecule has 2 nitrogen and oxygen atoms in total. The molecule has 0 aliphatic heterocycles. The van der Waals surface area contributed by atoms with Gasteiger partial charge in [0.1, 0.15) is 0 Å². The first-order valence-electron chi connectivity index (χ1n) is 6.39. The Morgan fingerprint density at radius 2 is 2.00 bits per heavy atom. The Kier molecular flexibility index (Phi) is 3.83. The molecule has 0 bridgehead atoms. The average molecular weight is 350 g/mol. The molecule has 3 rings (SSSR count). The van der Waals surface area contributed by atoms with E-state index in [9.17, 15) is 0 Å². The van der Waals surface area contributed by atoms with Crippen molar-refractivity contribution in [3.63, 3.8) is 0 Å². The van der Waals surface area contributed by atoms with Crippen molar-refractivity contribution in [3.05, 3.63) is 57.5 Å². The summed E-state index contributed by atoms with van der Waals surface area (Å²) < 4.78 is 0.917. The minimum Gasteiger partial charge on any atom is -0.355 e. The van der Waals surface area contributed by atoms with Gasteiger partial charge >= 0.3 is 0 Å². The first-order valence-corrected chi connectivity index (χ1v) is 7.57. The number of benzene rings is 2. The van der Waals surface area contributed by atoms with Crippen molar-refractivity contribution in [2.75, 3.05) is 7.05 Å². The fourth-order valence-electron chi connectivity index (χ4n) is 2.35. The maximum Gasteiger partial charge on any atom is 0.0593 e. The third-order valence-corrected chi connectivity index (χ3v) is 4.61. The van der Waals surface area contributed by atoms with Crippen molar-refractivity contribution >= 4 is 38.4 Å². The summed E-state index contributed by atoms with van der Waals surface area (Å²) in [6, 6.07) is 14.6. The van der Waals surface area contributed by atoms with Crippen LogP contribution in [0.3, 0.4) is 0 Å². The molecule has 0 fully saturated rings. The summed E-state index contributed by atoms with van der Waals surface area (Å²) in [5.74, 6) is 0. The third-order valence-electron chi connectivity index (χ3n) is 3.31. The highest BCUT2D eigenvalue weighted by atomic mass is 79.9. The summed E-state index contributed by atoms with van der Waals surface area (Å²) in [5, 5.41) is 5.12. The molecule has 102 valence electrons. The lowest BCUT2D eigenvalue weighted by Gasteiger charge is -2.08. The third kappa shape index (κ3) is 2.49. The lowest BCUT2D eigenvalue weighted by atomic mass is 10.1. The molecule has 0 saturated carbocycles. The van der Waals surface area contributed by atoms with Gasteiger partial charge in [-0.05, 0) is 58.4 Å². The van der Waals surface area contributed by atoms with Crippen LogP contribution in [0.2, 0.25) is 5.02 Å². The Hall–Kier alpha value is -1.29. The van der Waals surface area contributed by atoms with Crippen molar-refractivity contribution < 1.29 is 0 Å². The molecular formula is C16H14BrClN2. The van der Waals surface area contributed by atoms with Crippen LogP contribution in [0.1, 0.15) is 5.56 Å². The second-order valence-corrected chi connectivity index (χ2v) is 5.96. The Morgan fingerprint density at radius 1 is 1.20 bits per heavy atom. The first kappa shape index (κ1) is 13.7. The van der Waals surface area contributed by atoms with E-state index < -0.39 is 0 Å². The van der Waals surface area contributed by atoms with Gasteiger partial charge in [-0.1, -0.05) is 29.8 Å². The van der Waals surface area contributed by atoms with Crippen molar-refractivity contribution in [1.82, 2.24) is 10.3 Å². The molecule has 0 saturated heterocycles. The standard InChI is InChI=1S/C16H14BrClN2/c1-19-9-12-6-11(7-13(17)16(12)18)15-8-10-4-2-3-5-14(10)20-15/h2-8,19-20H,9H2,1H3. The summed E-state index contributed by atoms with van der Waals surface area (Å²) in [5.41, 5.74) is 4.45. The molecule has 1 heterocycles. The molecule has 0 unspecified atom stereocenters. The van der Waals surface area contributed by atoms with E-state index in [0.29, 0.717) is 0 Å². The van der Waals surface area contributed by atoms with Gasteiger partial charge in [-0.25, -0.2) is 0 Å². The molecular weight excluding hydrogens is 336 g/mol. The van der Waals surface area contributed by atoms with Crippen LogP contribution in [-0.4, -0.2) is 12.0 Å². The molecule has 2 aromatic carbocycles. The van der Waals surface area contributed by atoms with E-state index >= 15 is 0 Å². The van der Waals surface area contributed by atoms with E-state index in [1.165, 1.54) is 5.39 Å². The zero-order chi connectivity index (χ0) is 14.1. The highest BCUT2D eigenvalue weighted by molar-refractivity contribution is 9.10. The van der Waals surface area contributed by atoms with Crippen LogP contribution in [-0.2, 0) is 6.54 Å². The number of nitrogens with one attached hydrogen (secondary N) is 2. The topological polar surface area (TPSA) is 27.8 Å². The van der Waals surface area contributed by atoms with Gasteiger partial charge in [0, 0.05) is 27.6 Å². The Labute approximate surface area is 131 Å². The van der Waals surface area contributed by atoms with Crippen LogP contribution in [0, 0.1) is 0 Å². The number of hydrogen-bond donors (Lipinski definition) is 2. The molecule has 0 spiro atoms. The van der Waals surface area contributed by atoms with Crippen molar-refractivity contribution in [3.8, 4) is 11.3 Å². The van der Waals surface area contributed by atoms with Crippen LogP contribution in [0.25, 0.3) is 22.2 Å². The Morgan fingerprint density at radius 3 is 2.75 bits per heavy atom. The molecule has 2 N–H and O–H groups in total. The zero-order valence-electron chi connectivity index (χ0n) is 11.0. The van der Waals surface area contributed by atoms with Crippen LogP contribution in [0.5, 0.6) is 0 Å². The highest BCUT2D eigenvalue weighted by Gasteiger charge is 2.10. The van der Waals surface area contributed by atoms with E-state index in [0.717, 1.165) is 38.4 Å². The van der Waals surface area contributed by atoms with Gasteiger partial charge in [-0.15, -0.1) is 0 Å². The molecule has 20 heavy (non-hydrogen) atoms. The zero-order valence-corrected chi connectivity index (χ0v) is 13.3. The van der Waals surface area contributed by atoms with Crippen LogP contribution >= 0.6 is 27.5 Å². The van der Waals surface area contributed by atoms with E-state index in [1.807, 2.05) is 25.2 Å². The maximum absolute atomic E-state index is 6.31. The molecule has 4 heteroatoms. The Balaban J connectivity index is 2.13. The molecule has 0 amide bonds. The summed E-state index contributed by atoms with van der Waals surface area (Å²) >= 11 is 9.85. The van der Waals surface area contributed by atoms with E-state index in [1.54, 1.807) is 0 Å². The second kappa shape index (κ2) is 5.60. The van der Waals surface area contributed by atoms with Crippen LogP contribution in [0.15, 0.2) is 46.9 Å². The number of H-pyrrole nitrogens is 1. The number of fused-ring (bicyclic) bond motifs is 1. The van der Waals surface area contributed by atoms with Gasteiger partial charge in [-0.3, -0.25) is 0 Å². The van der Waals surface area contributed by atoms with Crippen molar-refractivity contribution in [2.45, 2.75) is 6.54 Å². The summed E-state index contributed by atoms with van der Waals surface area (Å²) in [7, 11) is 1.92. The van der Waals surface area contributed by atoms with Gasteiger partial charge < -0.3 is 10.3 Å². The number of aromatic nitrogens is 1. The molecule has 3 aromatic rings. The number of aromatic amines is 1. The van der Waals surface area contributed by atoms with E-state index in [4.69, 9.17) is 11.6 Å². The predicted octanol–water partition coefficient (Wildman–Crippen LogP) is 4.97. The summed E-state index contributed by atoms with van der Waals surface area (Å²) in [6.45, 7) is 0.742. The van der Waals surface area contributed by atoms with Gasteiger partial charge in [-0.2, -0.15) is 0 Å². The van der Waals surface area contributed by atoms with E-state index in [2.05, 4.69) is 50.5 Å². The highest BCUT2D eigenvalue weighted by Crippen LogP contribution is 2.33. The quantitative estimate of drug-likeness (QED) is 0.686. The average Bonchev–Trinajstić information content (AvgIpc) is 2.87. The number of hydrogen-bond acceptors (Lipinski definition) is 1. The van der Waals surface area contributed by atoms with Gasteiger partial charge in [0.2, 0.25) is 0 Å². The number of halogens is 2. The monoisotopic (exact) mass is 348 g/mol. The second-order valence-electron chi connectivity index (χ2n) is 4.73. The molecule has 0 radical (unpaired) electrons. The smallest absolute Gasteiger partial charge is 0.0593 e. The van der Waals surface area contributed by atoms with Crippen LogP contribution < -0.4 is 5.32 Å². The number of para-hydroxylation sites is 1.